The molecule has 0 bridgehead atoms. The van der Waals surface area contributed by atoms with Crippen LogP contribution in [0.5, 0.6) is 11.5 Å². The van der Waals surface area contributed by atoms with Crippen LogP contribution in [0.25, 0.3) is 23.0 Å². The molecule has 2 aliphatic rings. The van der Waals surface area contributed by atoms with E-state index in [1.807, 2.05) is 60.1 Å². The van der Waals surface area contributed by atoms with E-state index in [4.69, 9.17) is 18.7 Å². The lowest BCUT2D eigenvalue weighted by molar-refractivity contribution is -0.00122. The van der Waals surface area contributed by atoms with Crippen LogP contribution in [0.2, 0.25) is 0 Å². The van der Waals surface area contributed by atoms with Crippen molar-refractivity contribution < 1.29 is 18.7 Å². The van der Waals surface area contributed by atoms with Crippen LogP contribution in [-0.4, -0.2) is 26.7 Å². The second-order valence-electron chi connectivity index (χ2n) is 7.40. The molecule has 0 radical (unpaired) electrons. The number of hydrogen-bond donors (Lipinski definition) is 0. The first-order valence-corrected chi connectivity index (χ1v) is 9.72. The molecule has 2 aromatic heterocycles. The largest absolute Gasteiger partial charge is 0.454 e. The van der Waals surface area contributed by atoms with Gasteiger partial charge in [0.15, 0.2) is 17.2 Å². The fourth-order valence-electron chi connectivity index (χ4n) is 3.69. The third-order valence-corrected chi connectivity index (χ3v) is 5.36. The van der Waals surface area contributed by atoms with E-state index in [1.165, 1.54) is 5.56 Å². The summed E-state index contributed by atoms with van der Waals surface area (Å²) < 4.78 is 24.3. The highest BCUT2D eigenvalue weighted by molar-refractivity contribution is 5.58. The highest BCUT2D eigenvalue weighted by atomic mass is 16.7. The van der Waals surface area contributed by atoms with Crippen LogP contribution in [0.15, 0.2) is 53.1 Å². The Morgan fingerprint density at radius 1 is 1.00 bits per heavy atom. The summed E-state index contributed by atoms with van der Waals surface area (Å²) in [5, 5.41) is 8.78. The predicted molar refractivity (Wildman–Crippen MR) is 106 cm³/mol. The average Bonchev–Trinajstić information content (AvgIpc) is 3.51. The number of aryl methyl sites for hydroxylation is 1. The van der Waals surface area contributed by atoms with Gasteiger partial charge in [-0.15, -0.1) is 0 Å². The van der Waals surface area contributed by atoms with Crippen molar-refractivity contribution in [3.05, 3.63) is 65.4 Å². The van der Waals surface area contributed by atoms with Gasteiger partial charge in [0.1, 0.15) is 6.10 Å². The van der Waals surface area contributed by atoms with E-state index in [1.54, 1.807) is 0 Å². The van der Waals surface area contributed by atoms with Crippen LogP contribution in [0.4, 0.5) is 0 Å². The summed E-state index contributed by atoms with van der Waals surface area (Å²) in [5.74, 6) is 2.45. The lowest BCUT2D eigenvalue weighted by Crippen LogP contribution is -2.21. The van der Waals surface area contributed by atoms with Crippen molar-refractivity contribution in [2.45, 2.75) is 26.2 Å². The van der Waals surface area contributed by atoms with Crippen LogP contribution in [0.3, 0.4) is 0 Å². The summed E-state index contributed by atoms with van der Waals surface area (Å²) in [4.78, 5) is 4.52. The molecule has 2 aliphatic heterocycles. The normalized spacial score (nSPS) is 17.2. The van der Waals surface area contributed by atoms with Crippen LogP contribution >= 0.6 is 0 Å². The van der Waals surface area contributed by atoms with E-state index in [0.717, 1.165) is 28.3 Å². The molecule has 0 fully saturated rings. The monoisotopic (exact) mass is 402 g/mol. The maximum absolute atomic E-state index is 6.06. The Labute approximate surface area is 172 Å². The number of rotatable bonds is 3. The Morgan fingerprint density at radius 3 is 2.77 bits per heavy atom. The fourth-order valence-corrected chi connectivity index (χ4v) is 3.69. The third-order valence-electron chi connectivity index (χ3n) is 5.36. The molecule has 2 aromatic carbocycles. The first kappa shape index (κ1) is 17.2. The summed E-state index contributed by atoms with van der Waals surface area (Å²) in [6.45, 7) is 3.34. The van der Waals surface area contributed by atoms with Crippen molar-refractivity contribution >= 4 is 0 Å². The minimum absolute atomic E-state index is 0.120. The molecular weight excluding hydrogens is 384 g/mol. The van der Waals surface area contributed by atoms with Crippen LogP contribution in [0, 0.1) is 6.92 Å². The number of nitrogens with zero attached hydrogens (tertiary/aromatic N) is 4. The van der Waals surface area contributed by atoms with Crippen molar-refractivity contribution in [1.82, 2.24) is 19.9 Å². The van der Waals surface area contributed by atoms with Gasteiger partial charge >= 0.3 is 0 Å². The molecule has 4 aromatic rings. The summed E-state index contributed by atoms with van der Waals surface area (Å²) in [6.07, 6.45) is -0.120. The second-order valence-corrected chi connectivity index (χ2v) is 7.40. The lowest BCUT2D eigenvalue weighted by atomic mass is 10.1. The van der Waals surface area contributed by atoms with E-state index in [2.05, 4.69) is 15.2 Å². The van der Waals surface area contributed by atoms with E-state index >= 15 is 0 Å². The van der Waals surface area contributed by atoms with Gasteiger partial charge in [0.25, 0.3) is 5.89 Å². The smallest absolute Gasteiger partial charge is 0.278 e. The number of aromatic nitrogens is 4. The molecule has 1 atom stereocenters. The fraction of sp³-hybridized carbons (Fsp3) is 0.227. The molecule has 0 unspecified atom stereocenters. The van der Waals surface area contributed by atoms with Gasteiger partial charge in [-0.3, -0.25) is 4.68 Å². The highest BCUT2D eigenvalue weighted by Gasteiger charge is 2.26. The molecule has 0 saturated carbocycles. The van der Waals surface area contributed by atoms with Crippen LogP contribution < -0.4 is 9.47 Å². The zero-order valence-corrected chi connectivity index (χ0v) is 16.2. The molecule has 0 saturated heterocycles. The zero-order valence-electron chi connectivity index (χ0n) is 16.2. The SMILES string of the molecule is Cc1ccc(-c2noc(-c3cc4n(n3)C[C@H](c3ccc5c(c3)OCO5)OC4)n2)cc1. The summed E-state index contributed by atoms with van der Waals surface area (Å²) in [6, 6.07) is 15.8. The van der Waals surface area contributed by atoms with Crippen LogP contribution in [-0.2, 0) is 17.9 Å². The van der Waals surface area contributed by atoms with Gasteiger partial charge in [-0.1, -0.05) is 41.1 Å². The van der Waals surface area contributed by atoms with E-state index in [0.29, 0.717) is 30.6 Å². The highest BCUT2D eigenvalue weighted by Crippen LogP contribution is 2.37. The molecule has 4 heterocycles. The first-order valence-electron chi connectivity index (χ1n) is 9.72. The molecule has 0 amide bonds. The predicted octanol–water partition coefficient (Wildman–Crippen LogP) is 3.91. The first-order chi connectivity index (χ1) is 14.7. The van der Waals surface area contributed by atoms with Crippen molar-refractivity contribution in [3.8, 4) is 34.5 Å². The number of fused-ring (bicyclic) bond motifs is 2. The van der Waals surface area contributed by atoms with Crippen LogP contribution in [0.1, 0.15) is 22.9 Å². The lowest BCUT2D eigenvalue weighted by Gasteiger charge is -2.24. The Morgan fingerprint density at radius 2 is 1.87 bits per heavy atom. The Hall–Kier alpha value is -3.65. The van der Waals surface area contributed by atoms with Crippen molar-refractivity contribution in [1.29, 1.82) is 0 Å². The summed E-state index contributed by atoms with van der Waals surface area (Å²) in [5.41, 5.74) is 4.73. The molecule has 6 rings (SSSR count). The van der Waals surface area contributed by atoms with Gasteiger partial charge in [-0.2, -0.15) is 10.1 Å². The molecular formula is C22H18N4O4. The van der Waals surface area contributed by atoms with Crippen molar-refractivity contribution in [3.63, 3.8) is 0 Å². The quantitative estimate of drug-likeness (QED) is 0.514. The van der Waals surface area contributed by atoms with Crippen molar-refractivity contribution in [2.75, 3.05) is 6.79 Å². The molecule has 150 valence electrons. The molecule has 30 heavy (non-hydrogen) atoms. The van der Waals surface area contributed by atoms with Gasteiger partial charge < -0.3 is 18.7 Å². The minimum Gasteiger partial charge on any atom is -0.454 e. The number of benzene rings is 2. The summed E-state index contributed by atoms with van der Waals surface area (Å²) >= 11 is 0. The maximum atomic E-state index is 6.06. The molecule has 8 heteroatoms. The molecule has 0 N–H and O–H groups in total. The standard InChI is InChI=1S/C22H18N4O4/c1-13-2-4-14(5-3-13)21-23-22(30-25-21)17-9-16-11-27-20(10-26(16)24-17)15-6-7-18-19(8-15)29-12-28-18/h2-9,20H,10-12H2,1H3/t20-/m1/s1. The summed E-state index contributed by atoms with van der Waals surface area (Å²) in [7, 11) is 0. The Bertz CT molecular complexity index is 1230. The van der Waals surface area contributed by atoms with Gasteiger partial charge in [0.05, 0.1) is 18.8 Å². The second kappa shape index (κ2) is 6.70. The third kappa shape index (κ3) is 2.93. The van der Waals surface area contributed by atoms with Gasteiger partial charge in [0, 0.05) is 5.56 Å². The van der Waals surface area contributed by atoms with E-state index in [-0.39, 0.29) is 12.9 Å². The van der Waals surface area contributed by atoms with Gasteiger partial charge in [0.2, 0.25) is 12.6 Å². The van der Waals surface area contributed by atoms with Gasteiger partial charge in [-0.25, -0.2) is 0 Å². The number of hydrogen-bond acceptors (Lipinski definition) is 7. The zero-order chi connectivity index (χ0) is 20.1. The van der Waals surface area contributed by atoms with E-state index < -0.39 is 0 Å². The topological polar surface area (TPSA) is 84.4 Å². The number of ether oxygens (including phenoxy) is 3. The maximum Gasteiger partial charge on any atom is 0.278 e. The molecule has 0 spiro atoms. The Kier molecular flexibility index (Phi) is 3.85. The Balaban J connectivity index is 1.25. The van der Waals surface area contributed by atoms with Gasteiger partial charge in [-0.05, 0) is 30.7 Å². The average molecular weight is 402 g/mol. The minimum atomic E-state index is -0.120. The molecule has 0 aliphatic carbocycles. The molecule has 8 nitrogen and oxygen atoms in total. The van der Waals surface area contributed by atoms with Crippen molar-refractivity contribution in [2.24, 2.45) is 0 Å². The van der Waals surface area contributed by atoms with E-state index in [9.17, 15) is 0 Å².